The van der Waals surface area contributed by atoms with Crippen LogP contribution in [0.25, 0.3) is 0 Å². The molecule has 1 aromatic rings. The van der Waals surface area contributed by atoms with Crippen molar-refractivity contribution in [3.63, 3.8) is 0 Å². The normalized spacial score (nSPS) is 27.4. The van der Waals surface area contributed by atoms with E-state index in [1.165, 1.54) is 4.90 Å². The molecule has 1 aliphatic carbocycles. The minimum atomic E-state index is -0.840. The van der Waals surface area contributed by atoms with Crippen LogP contribution >= 0.6 is 23.2 Å². The van der Waals surface area contributed by atoms with Crippen molar-refractivity contribution in [3.05, 3.63) is 28.0 Å². The van der Waals surface area contributed by atoms with Crippen molar-refractivity contribution in [2.45, 2.75) is 38.8 Å². The second-order valence-electron chi connectivity index (χ2n) is 9.63. The Morgan fingerprint density at radius 1 is 1.38 bits per heavy atom. The number of benzene rings is 1. The fourth-order valence-corrected chi connectivity index (χ4v) is 5.85. The average molecular weight is 511 g/mol. The molecular formula is C23H25Cl2FN4O4. The molecule has 3 aliphatic rings. The first-order valence-electron chi connectivity index (χ1n) is 11.1. The van der Waals surface area contributed by atoms with Crippen LogP contribution in [0.3, 0.4) is 0 Å². The number of likely N-dealkylation sites (tertiary alicyclic amines) is 1. The van der Waals surface area contributed by atoms with Gasteiger partial charge in [-0.2, -0.15) is 5.26 Å². The Morgan fingerprint density at radius 3 is 2.65 bits per heavy atom. The molecule has 0 aromatic heterocycles. The Bertz CT molecular complexity index is 1050. The standard InChI is InChI=1S/C23H25Cl2FN4O4/c1-23(2)14-9-30(17(31)10-34-20-15(24)6-12(26)7-16(20)25)19(18(14)23)22(33)29-13(8-27)5-11-3-4-28-21(11)32/h6-7,11,13-14,18-19H,3-5,9-10H2,1-2H3,(H,28,32)(H,29,33)/t11-,13?,14-,18-,19-/m0/s1. The van der Waals surface area contributed by atoms with E-state index in [9.17, 15) is 24.0 Å². The van der Waals surface area contributed by atoms with Crippen molar-refractivity contribution in [3.8, 4) is 11.8 Å². The second-order valence-corrected chi connectivity index (χ2v) is 10.4. The lowest BCUT2D eigenvalue weighted by Crippen LogP contribution is -2.53. The molecule has 1 unspecified atom stereocenters. The molecule has 2 N–H and O–H groups in total. The van der Waals surface area contributed by atoms with Crippen molar-refractivity contribution in [1.29, 1.82) is 5.26 Å². The van der Waals surface area contributed by atoms with E-state index >= 15 is 0 Å². The van der Waals surface area contributed by atoms with Gasteiger partial charge in [-0.1, -0.05) is 37.0 Å². The molecule has 2 saturated heterocycles. The van der Waals surface area contributed by atoms with E-state index in [-0.39, 0.29) is 51.3 Å². The van der Waals surface area contributed by atoms with Gasteiger partial charge in [0.2, 0.25) is 11.8 Å². The molecule has 5 atom stereocenters. The quantitative estimate of drug-likeness (QED) is 0.585. The smallest absolute Gasteiger partial charge is 0.261 e. The van der Waals surface area contributed by atoms with Gasteiger partial charge < -0.3 is 20.3 Å². The van der Waals surface area contributed by atoms with E-state index in [0.717, 1.165) is 12.1 Å². The van der Waals surface area contributed by atoms with Gasteiger partial charge in [0.15, 0.2) is 12.4 Å². The number of carbonyl (C=O) groups is 3. The van der Waals surface area contributed by atoms with Gasteiger partial charge in [0.1, 0.15) is 17.9 Å². The van der Waals surface area contributed by atoms with Crippen molar-refractivity contribution >= 4 is 40.9 Å². The third-order valence-electron chi connectivity index (χ3n) is 7.26. The number of hydrogen-bond donors (Lipinski definition) is 2. The van der Waals surface area contributed by atoms with E-state index in [2.05, 4.69) is 16.7 Å². The van der Waals surface area contributed by atoms with Gasteiger partial charge in [-0.05, 0) is 42.2 Å². The van der Waals surface area contributed by atoms with Gasteiger partial charge in [0.25, 0.3) is 5.91 Å². The Morgan fingerprint density at radius 2 is 2.06 bits per heavy atom. The van der Waals surface area contributed by atoms with E-state index in [1.807, 2.05) is 13.8 Å². The first kappa shape index (κ1) is 24.6. The number of fused-ring (bicyclic) bond motifs is 1. The Kier molecular flexibility index (Phi) is 6.67. The molecule has 8 nitrogen and oxygen atoms in total. The maximum Gasteiger partial charge on any atom is 0.261 e. The highest BCUT2D eigenvalue weighted by Crippen LogP contribution is 2.64. The zero-order valence-electron chi connectivity index (χ0n) is 18.7. The number of hydrogen-bond acceptors (Lipinski definition) is 5. The predicted octanol–water partition coefficient (Wildman–Crippen LogP) is 2.53. The number of halogens is 3. The topological polar surface area (TPSA) is 112 Å². The summed E-state index contributed by atoms with van der Waals surface area (Å²) in [5, 5.41) is 14.9. The minimum Gasteiger partial charge on any atom is -0.481 e. The van der Waals surface area contributed by atoms with E-state index in [1.54, 1.807) is 0 Å². The first-order valence-corrected chi connectivity index (χ1v) is 11.8. The molecule has 0 bridgehead atoms. The van der Waals surface area contributed by atoms with Gasteiger partial charge in [-0.3, -0.25) is 14.4 Å². The number of carbonyl (C=O) groups excluding carboxylic acids is 3. The highest BCUT2D eigenvalue weighted by atomic mass is 35.5. The molecule has 2 heterocycles. The van der Waals surface area contributed by atoms with Crippen LogP contribution in [0.2, 0.25) is 10.0 Å². The fraction of sp³-hybridized carbons (Fsp3) is 0.565. The maximum absolute atomic E-state index is 13.4. The lowest BCUT2D eigenvalue weighted by Gasteiger charge is -2.30. The third-order valence-corrected chi connectivity index (χ3v) is 7.82. The Balaban J connectivity index is 1.44. The summed E-state index contributed by atoms with van der Waals surface area (Å²) in [6, 6.07) is 2.52. The summed E-state index contributed by atoms with van der Waals surface area (Å²) < 4.78 is 18.9. The van der Waals surface area contributed by atoms with Crippen molar-refractivity contribution in [2.24, 2.45) is 23.2 Å². The largest absolute Gasteiger partial charge is 0.481 e. The van der Waals surface area contributed by atoms with Crippen LogP contribution in [-0.2, 0) is 14.4 Å². The second kappa shape index (κ2) is 9.23. The van der Waals surface area contributed by atoms with Gasteiger partial charge in [-0.25, -0.2) is 4.39 Å². The van der Waals surface area contributed by atoms with Crippen LogP contribution in [0, 0.1) is 40.3 Å². The number of ether oxygens (including phenoxy) is 1. The van der Waals surface area contributed by atoms with Crippen molar-refractivity contribution in [2.75, 3.05) is 19.7 Å². The highest BCUT2D eigenvalue weighted by molar-refractivity contribution is 6.37. The fourth-order valence-electron chi connectivity index (χ4n) is 5.28. The third kappa shape index (κ3) is 4.53. The number of amides is 3. The first-order chi connectivity index (χ1) is 16.0. The maximum atomic E-state index is 13.4. The van der Waals surface area contributed by atoms with Crippen LogP contribution in [-0.4, -0.2) is 54.4 Å². The zero-order valence-corrected chi connectivity index (χ0v) is 20.3. The lowest BCUT2D eigenvalue weighted by molar-refractivity contribution is -0.142. The molecule has 2 aliphatic heterocycles. The number of nitrogens with zero attached hydrogens (tertiary/aromatic N) is 2. The number of piperidine rings is 1. The summed E-state index contributed by atoms with van der Waals surface area (Å²) in [6.45, 7) is 4.59. The van der Waals surface area contributed by atoms with E-state index in [0.29, 0.717) is 19.5 Å². The lowest BCUT2D eigenvalue weighted by atomic mass is 9.97. The van der Waals surface area contributed by atoms with Crippen LogP contribution < -0.4 is 15.4 Å². The summed E-state index contributed by atoms with van der Waals surface area (Å²) in [5.41, 5.74) is -0.114. The number of nitriles is 1. The zero-order chi connectivity index (χ0) is 24.8. The molecule has 3 fully saturated rings. The molecule has 0 radical (unpaired) electrons. The van der Waals surface area contributed by atoms with Gasteiger partial charge in [-0.15, -0.1) is 0 Å². The molecule has 34 heavy (non-hydrogen) atoms. The molecule has 3 amide bonds. The van der Waals surface area contributed by atoms with Crippen LogP contribution in [0.15, 0.2) is 12.1 Å². The molecule has 0 spiro atoms. The number of rotatable bonds is 7. The van der Waals surface area contributed by atoms with Crippen LogP contribution in [0.5, 0.6) is 5.75 Å². The Hall–Kier alpha value is -2.57. The summed E-state index contributed by atoms with van der Waals surface area (Å²) in [5.74, 6) is -1.86. The van der Waals surface area contributed by atoms with E-state index < -0.39 is 36.3 Å². The van der Waals surface area contributed by atoms with E-state index in [4.69, 9.17) is 27.9 Å². The van der Waals surface area contributed by atoms with Gasteiger partial charge in [0.05, 0.1) is 16.1 Å². The minimum absolute atomic E-state index is 0.0110. The van der Waals surface area contributed by atoms with Crippen molar-refractivity contribution in [1.82, 2.24) is 15.5 Å². The highest BCUT2D eigenvalue weighted by Gasteiger charge is 2.69. The van der Waals surface area contributed by atoms with Crippen LogP contribution in [0.4, 0.5) is 4.39 Å². The monoisotopic (exact) mass is 510 g/mol. The van der Waals surface area contributed by atoms with Crippen molar-refractivity contribution < 1.29 is 23.5 Å². The molecule has 11 heteroatoms. The number of nitrogens with one attached hydrogen (secondary N) is 2. The molecule has 4 rings (SSSR count). The SMILES string of the molecule is CC1(C)[C@@H]2[C@@H](C(=O)NC(C#N)C[C@@H]3CCNC3=O)N(C(=O)COc3c(Cl)cc(F)cc3Cl)C[C@@H]21. The van der Waals surface area contributed by atoms with Gasteiger partial charge >= 0.3 is 0 Å². The Labute approximate surface area is 206 Å². The van der Waals surface area contributed by atoms with Gasteiger partial charge in [0, 0.05) is 19.0 Å². The molecule has 1 aromatic carbocycles. The molecular weight excluding hydrogens is 486 g/mol. The predicted molar refractivity (Wildman–Crippen MR) is 121 cm³/mol. The summed E-state index contributed by atoms with van der Waals surface area (Å²) >= 11 is 12.0. The molecule has 1 saturated carbocycles. The summed E-state index contributed by atoms with van der Waals surface area (Å²) in [7, 11) is 0. The average Bonchev–Trinajstić information content (AvgIpc) is 3.11. The van der Waals surface area contributed by atoms with Crippen LogP contribution in [0.1, 0.15) is 26.7 Å². The molecule has 182 valence electrons. The summed E-state index contributed by atoms with van der Waals surface area (Å²) in [4.78, 5) is 39.6. The summed E-state index contributed by atoms with van der Waals surface area (Å²) in [6.07, 6.45) is 0.835.